The maximum Gasteiger partial charge on any atom is 0.319 e. The molecule has 4 N–H and O–H groups in total. The van der Waals surface area contributed by atoms with Gasteiger partial charge in [-0.05, 0) is 55.5 Å². The number of nitrogens with two attached hydrogens (primary N) is 1. The molecule has 1 aliphatic carbocycles. The van der Waals surface area contributed by atoms with E-state index in [2.05, 4.69) is 10.6 Å². The number of halogens is 2. The molecule has 1 aromatic carbocycles. The van der Waals surface area contributed by atoms with E-state index in [4.69, 9.17) is 5.73 Å². The molecule has 0 aromatic heterocycles. The molecule has 1 unspecified atom stereocenters. The van der Waals surface area contributed by atoms with Gasteiger partial charge in [0.25, 0.3) is 0 Å². The molecule has 2 fully saturated rings. The fraction of sp³-hybridized carbons (Fsp3) is 0.600. The van der Waals surface area contributed by atoms with Gasteiger partial charge in [0.2, 0.25) is 5.91 Å². The van der Waals surface area contributed by atoms with Crippen molar-refractivity contribution >= 4 is 30.0 Å². The largest absolute Gasteiger partial charge is 0.341 e. The Hall–Kier alpha value is -1.86. The van der Waals surface area contributed by atoms with Crippen LogP contribution in [0.15, 0.2) is 24.3 Å². The first-order valence-corrected chi connectivity index (χ1v) is 9.81. The zero-order valence-corrected chi connectivity index (χ0v) is 16.9. The van der Waals surface area contributed by atoms with E-state index in [1.807, 2.05) is 4.90 Å². The second kappa shape index (κ2) is 10.1. The summed E-state index contributed by atoms with van der Waals surface area (Å²) < 4.78 is 12.9. The summed E-state index contributed by atoms with van der Waals surface area (Å²) in [7, 11) is 0. The standard InChI is InChI=1S/C20H29FN4O2.ClH/c21-15-4-6-16(7-5-15)23-19(27)24-17-8-11-25(13-17)18(26)12-20(14-22)9-2-1-3-10-20;/h4-7,17H,1-3,8-14,22H2,(H2,23,24,27);1H. The SMILES string of the molecule is Cl.NCC1(CC(=O)N2CCC(NC(=O)Nc3ccc(F)cc3)C2)CCCCC1. The lowest BCUT2D eigenvalue weighted by molar-refractivity contribution is -0.133. The molecule has 1 atom stereocenters. The van der Waals surface area contributed by atoms with Gasteiger partial charge < -0.3 is 21.3 Å². The van der Waals surface area contributed by atoms with Gasteiger partial charge in [-0.3, -0.25) is 4.79 Å². The minimum absolute atomic E-state index is 0. The van der Waals surface area contributed by atoms with Crippen molar-refractivity contribution in [2.45, 2.75) is 51.0 Å². The van der Waals surface area contributed by atoms with Gasteiger partial charge >= 0.3 is 6.03 Å². The van der Waals surface area contributed by atoms with Gasteiger partial charge in [-0.2, -0.15) is 0 Å². The number of anilines is 1. The highest BCUT2D eigenvalue weighted by molar-refractivity contribution is 5.89. The number of hydrogen-bond acceptors (Lipinski definition) is 3. The summed E-state index contributed by atoms with van der Waals surface area (Å²) >= 11 is 0. The lowest BCUT2D eigenvalue weighted by atomic mass is 9.71. The van der Waals surface area contributed by atoms with E-state index in [1.54, 1.807) is 0 Å². The fourth-order valence-corrected chi connectivity index (χ4v) is 4.18. The Kier molecular flexibility index (Phi) is 8.07. The average molecular weight is 413 g/mol. The number of nitrogens with one attached hydrogen (secondary N) is 2. The lowest BCUT2D eigenvalue weighted by Gasteiger charge is -2.36. The maximum atomic E-state index is 12.9. The van der Waals surface area contributed by atoms with Gasteiger partial charge in [-0.15, -0.1) is 12.4 Å². The molecule has 1 aliphatic heterocycles. The van der Waals surface area contributed by atoms with E-state index in [-0.39, 0.29) is 41.6 Å². The molecular weight excluding hydrogens is 383 g/mol. The third-order valence-electron chi connectivity index (χ3n) is 5.85. The van der Waals surface area contributed by atoms with E-state index in [0.717, 1.165) is 32.1 Å². The number of urea groups is 1. The minimum atomic E-state index is -0.348. The second-order valence-electron chi connectivity index (χ2n) is 7.87. The van der Waals surface area contributed by atoms with Crippen LogP contribution in [-0.4, -0.2) is 42.5 Å². The van der Waals surface area contributed by atoms with Crippen LogP contribution in [0.5, 0.6) is 0 Å². The number of nitrogens with zero attached hydrogens (tertiary/aromatic N) is 1. The number of carbonyl (C=O) groups excluding carboxylic acids is 2. The monoisotopic (exact) mass is 412 g/mol. The predicted molar refractivity (Wildman–Crippen MR) is 110 cm³/mol. The van der Waals surface area contributed by atoms with E-state index >= 15 is 0 Å². The van der Waals surface area contributed by atoms with Crippen LogP contribution in [0.2, 0.25) is 0 Å². The molecule has 0 radical (unpaired) electrons. The Balaban J connectivity index is 0.00000280. The van der Waals surface area contributed by atoms with Gasteiger partial charge in [0, 0.05) is 31.2 Å². The first-order chi connectivity index (χ1) is 13.0. The van der Waals surface area contributed by atoms with Crippen molar-refractivity contribution in [2.24, 2.45) is 11.1 Å². The lowest BCUT2D eigenvalue weighted by Crippen LogP contribution is -2.42. The number of likely N-dealkylation sites (tertiary alicyclic amines) is 1. The van der Waals surface area contributed by atoms with E-state index in [1.165, 1.54) is 30.7 Å². The molecule has 1 heterocycles. The van der Waals surface area contributed by atoms with Crippen LogP contribution in [0, 0.1) is 11.2 Å². The van der Waals surface area contributed by atoms with Gasteiger partial charge in [0.1, 0.15) is 5.82 Å². The molecule has 6 nitrogen and oxygen atoms in total. The van der Waals surface area contributed by atoms with Crippen molar-refractivity contribution in [1.82, 2.24) is 10.2 Å². The summed E-state index contributed by atoms with van der Waals surface area (Å²) in [4.78, 5) is 26.7. The van der Waals surface area contributed by atoms with Crippen molar-refractivity contribution in [1.29, 1.82) is 0 Å². The zero-order chi connectivity index (χ0) is 19.3. The number of benzene rings is 1. The van der Waals surface area contributed by atoms with Gasteiger partial charge in [0.05, 0.1) is 0 Å². The smallest absolute Gasteiger partial charge is 0.319 e. The van der Waals surface area contributed by atoms with Crippen molar-refractivity contribution in [3.8, 4) is 0 Å². The summed E-state index contributed by atoms with van der Waals surface area (Å²) in [5.41, 5.74) is 6.49. The summed E-state index contributed by atoms with van der Waals surface area (Å²) in [5.74, 6) is -0.204. The molecule has 8 heteroatoms. The van der Waals surface area contributed by atoms with Gasteiger partial charge in [-0.25, -0.2) is 9.18 Å². The Morgan fingerprint density at radius 1 is 1.18 bits per heavy atom. The fourth-order valence-electron chi connectivity index (χ4n) is 4.18. The number of amides is 3. The molecule has 3 rings (SSSR count). The van der Waals surface area contributed by atoms with Crippen LogP contribution in [0.3, 0.4) is 0 Å². The van der Waals surface area contributed by atoms with Crippen LogP contribution in [0.4, 0.5) is 14.9 Å². The Labute approximate surface area is 171 Å². The van der Waals surface area contributed by atoms with Crippen LogP contribution in [0.1, 0.15) is 44.9 Å². The van der Waals surface area contributed by atoms with Crippen LogP contribution >= 0.6 is 12.4 Å². The Morgan fingerprint density at radius 2 is 1.86 bits per heavy atom. The summed E-state index contributed by atoms with van der Waals surface area (Å²) in [5, 5.41) is 5.58. The normalized spacial score (nSPS) is 20.9. The molecule has 28 heavy (non-hydrogen) atoms. The van der Waals surface area contributed by atoms with E-state index in [9.17, 15) is 14.0 Å². The minimum Gasteiger partial charge on any atom is -0.341 e. The molecule has 0 spiro atoms. The Morgan fingerprint density at radius 3 is 2.50 bits per heavy atom. The number of rotatable bonds is 5. The molecular formula is C20H30ClFN4O2. The average Bonchev–Trinajstić information content (AvgIpc) is 3.13. The summed E-state index contributed by atoms with van der Waals surface area (Å²) in [6, 6.07) is 5.20. The zero-order valence-electron chi connectivity index (χ0n) is 16.1. The molecule has 1 saturated carbocycles. The predicted octanol–water partition coefficient (Wildman–Crippen LogP) is 3.27. The van der Waals surface area contributed by atoms with Crippen molar-refractivity contribution in [3.05, 3.63) is 30.1 Å². The van der Waals surface area contributed by atoms with Crippen molar-refractivity contribution in [3.63, 3.8) is 0 Å². The van der Waals surface area contributed by atoms with Crippen molar-refractivity contribution < 1.29 is 14.0 Å². The topological polar surface area (TPSA) is 87.5 Å². The molecule has 3 amide bonds. The first-order valence-electron chi connectivity index (χ1n) is 9.81. The molecule has 2 aliphatic rings. The second-order valence-corrected chi connectivity index (χ2v) is 7.87. The highest BCUT2D eigenvalue weighted by Gasteiger charge is 2.36. The maximum absolute atomic E-state index is 12.9. The third kappa shape index (κ3) is 5.82. The molecule has 1 saturated heterocycles. The molecule has 1 aromatic rings. The molecule has 156 valence electrons. The summed E-state index contributed by atoms with van der Waals surface area (Å²) in [6.07, 6.45) is 6.84. The van der Waals surface area contributed by atoms with Crippen LogP contribution in [0.25, 0.3) is 0 Å². The Bertz CT molecular complexity index is 665. The number of carbonyl (C=O) groups is 2. The third-order valence-corrected chi connectivity index (χ3v) is 5.85. The number of hydrogen-bond donors (Lipinski definition) is 3. The van der Waals surface area contributed by atoms with E-state index < -0.39 is 0 Å². The van der Waals surface area contributed by atoms with Crippen LogP contribution < -0.4 is 16.4 Å². The van der Waals surface area contributed by atoms with Crippen LogP contribution in [-0.2, 0) is 4.79 Å². The van der Waals surface area contributed by atoms with Gasteiger partial charge in [-0.1, -0.05) is 19.3 Å². The van der Waals surface area contributed by atoms with Gasteiger partial charge in [0.15, 0.2) is 0 Å². The quantitative estimate of drug-likeness (QED) is 0.693. The highest BCUT2D eigenvalue weighted by atomic mass is 35.5. The summed E-state index contributed by atoms with van der Waals surface area (Å²) in [6.45, 7) is 1.74. The highest BCUT2D eigenvalue weighted by Crippen LogP contribution is 2.39. The van der Waals surface area contributed by atoms with E-state index in [0.29, 0.717) is 31.7 Å². The molecule has 0 bridgehead atoms. The first kappa shape index (κ1) is 22.4. The van der Waals surface area contributed by atoms with Crippen molar-refractivity contribution in [2.75, 3.05) is 25.0 Å².